The molecule has 0 radical (unpaired) electrons. The highest BCUT2D eigenvalue weighted by Gasteiger charge is 2.49. The van der Waals surface area contributed by atoms with Crippen molar-refractivity contribution >= 4 is 39.3 Å². The number of aryl methyl sites for hydroxylation is 1. The van der Waals surface area contributed by atoms with Crippen LogP contribution in [0.1, 0.15) is 45.1 Å². The fourth-order valence-corrected chi connectivity index (χ4v) is 7.98. The van der Waals surface area contributed by atoms with E-state index in [-0.39, 0.29) is 49.0 Å². The summed E-state index contributed by atoms with van der Waals surface area (Å²) in [5.41, 5.74) is 0.0830. The van der Waals surface area contributed by atoms with Crippen LogP contribution in [0.4, 0.5) is 19.0 Å². The molecule has 3 aliphatic rings. The number of nitrogens with zero attached hydrogens (tertiary/aromatic N) is 6. The molecule has 0 N–H and O–H groups in total. The van der Waals surface area contributed by atoms with Gasteiger partial charge in [-0.05, 0) is 66.8 Å². The van der Waals surface area contributed by atoms with Crippen LogP contribution in [0, 0.1) is 17.6 Å². The minimum absolute atomic E-state index is 0.0543. The summed E-state index contributed by atoms with van der Waals surface area (Å²) < 4.78 is 63.9. The third-order valence-electron chi connectivity index (χ3n) is 10.6. The third-order valence-corrected chi connectivity index (χ3v) is 10.6. The van der Waals surface area contributed by atoms with Gasteiger partial charge in [0.2, 0.25) is 11.8 Å². The van der Waals surface area contributed by atoms with Crippen LogP contribution in [0.3, 0.4) is 0 Å². The van der Waals surface area contributed by atoms with E-state index >= 15 is 8.78 Å². The number of halogens is 3. The van der Waals surface area contributed by atoms with Crippen LogP contribution in [0.2, 0.25) is 0 Å². The maximum absolute atomic E-state index is 17.1. The van der Waals surface area contributed by atoms with E-state index in [4.69, 9.17) is 19.2 Å². The van der Waals surface area contributed by atoms with Crippen LogP contribution in [0.5, 0.6) is 11.8 Å². The van der Waals surface area contributed by atoms with E-state index in [2.05, 4.69) is 14.9 Å². The number of imide groups is 1. The highest BCUT2D eigenvalue weighted by molar-refractivity contribution is 6.02. The smallest absolute Gasteiger partial charge is 0.319 e. The number of methoxy groups -OCH3 is 1. The van der Waals surface area contributed by atoms with Gasteiger partial charge in [0.05, 0.1) is 16.8 Å². The van der Waals surface area contributed by atoms with Gasteiger partial charge in [-0.3, -0.25) is 24.4 Å². The molecule has 0 spiro atoms. The largest absolute Gasteiger partial charge is 0.468 e. The molecule has 2 amide bonds. The molecule has 3 fully saturated rings. The van der Waals surface area contributed by atoms with Crippen molar-refractivity contribution in [1.82, 2.24) is 24.8 Å². The Kier molecular flexibility index (Phi) is 9.48. The number of fused-ring (bicyclic) bond motifs is 3. The molecule has 0 aliphatic carbocycles. The Morgan fingerprint density at radius 2 is 1.94 bits per heavy atom. The van der Waals surface area contributed by atoms with Gasteiger partial charge >= 0.3 is 6.01 Å². The van der Waals surface area contributed by atoms with Crippen molar-refractivity contribution in [2.75, 3.05) is 58.6 Å². The van der Waals surface area contributed by atoms with Crippen molar-refractivity contribution < 1.29 is 37.0 Å². The van der Waals surface area contributed by atoms with E-state index in [9.17, 15) is 14.0 Å². The zero-order valence-corrected chi connectivity index (χ0v) is 29.2. The number of rotatable bonds is 10. The summed E-state index contributed by atoms with van der Waals surface area (Å²) >= 11 is 0. The van der Waals surface area contributed by atoms with Gasteiger partial charge < -0.3 is 19.1 Å². The lowest BCUT2D eigenvalue weighted by Crippen LogP contribution is -2.43. The summed E-state index contributed by atoms with van der Waals surface area (Å²) in [6, 6.07) is 6.26. The number of hydrogen-bond acceptors (Lipinski definition) is 10. The predicted molar refractivity (Wildman–Crippen MR) is 184 cm³/mol. The standard InChI is InChI=1S/C37H41F3N6O5/c1-5-26-29(39)8-7-22-13-25(51-20-49-4)14-27(30(22)26)32-31(40)33-28(16-41-32)34(45-12-9-23(17-45)35(48)44(3)21(2)47)43-36(42-33)50-19-37-10-6-11-46(37)18-24(38)15-37/h7-8,13-14,16,23-24H,5-6,9-12,15,17-20H2,1-4H3/t23?,24-,37+/m1/s1. The van der Waals surface area contributed by atoms with Gasteiger partial charge in [0.15, 0.2) is 12.6 Å². The Morgan fingerprint density at radius 1 is 1.12 bits per heavy atom. The SMILES string of the molecule is CCc1c(F)ccc2cc(OCOC)cc(-c3ncc4c(N5CCC(C(=O)N(C)C(C)=O)C5)nc(OC[C@@]56CCCN5C[C@H](F)C6)nc4c3F)c12. The van der Waals surface area contributed by atoms with Gasteiger partial charge in [0.25, 0.3) is 0 Å². The van der Waals surface area contributed by atoms with Crippen LogP contribution >= 0.6 is 0 Å². The molecule has 2 aromatic carbocycles. The lowest BCUT2D eigenvalue weighted by molar-refractivity contribution is -0.144. The molecule has 3 saturated heterocycles. The van der Waals surface area contributed by atoms with Crippen LogP contribution in [0.25, 0.3) is 32.9 Å². The lowest BCUT2D eigenvalue weighted by atomic mass is 9.94. The number of carbonyl (C=O) groups is 2. The van der Waals surface area contributed by atoms with Gasteiger partial charge in [-0.2, -0.15) is 9.97 Å². The second kappa shape index (κ2) is 13.9. The second-order valence-corrected chi connectivity index (χ2v) is 13.7. The maximum Gasteiger partial charge on any atom is 0.319 e. The predicted octanol–water partition coefficient (Wildman–Crippen LogP) is 5.45. The number of pyridine rings is 1. The molecule has 2 aromatic heterocycles. The number of aromatic nitrogens is 3. The number of alkyl halides is 1. The van der Waals surface area contributed by atoms with E-state index in [0.717, 1.165) is 24.3 Å². The van der Waals surface area contributed by atoms with Gasteiger partial charge in [-0.1, -0.05) is 13.0 Å². The fourth-order valence-electron chi connectivity index (χ4n) is 7.98. The van der Waals surface area contributed by atoms with Gasteiger partial charge in [0, 0.05) is 58.9 Å². The Labute approximate surface area is 293 Å². The molecule has 11 nitrogen and oxygen atoms in total. The molecular weight excluding hydrogens is 665 g/mol. The van der Waals surface area contributed by atoms with Crippen LogP contribution in [-0.2, 0) is 20.7 Å². The molecule has 51 heavy (non-hydrogen) atoms. The highest BCUT2D eigenvalue weighted by Crippen LogP contribution is 2.42. The quantitative estimate of drug-likeness (QED) is 0.198. The molecule has 4 aromatic rings. The Bertz CT molecular complexity index is 2020. The summed E-state index contributed by atoms with van der Waals surface area (Å²) in [6.45, 7) is 4.99. The van der Waals surface area contributed by atoms with Crippen molar-refractivity contribution in [3.8, 4) is 23.0 Å². The number of ether oxygens (including phenoxy) is 3. The first kappa shape index (κ1) is 34.9. The van der Waals surface area contributed by atoms with E-state index in [0.29, 0.717) is 71.2 Å². The van der Waals surface area contributed by atoms with Crippen LogP contribution < -0.4 is 14.4 Å². The van der Waals surface area contributed by atoms with Gasteiger partial charge in [-0.15, -0.1) is 0 Å². The van der Waals surface area contributed by atoms with Crippen LogP contribution in [-0.4, -0.2) is 102 Å². The lowest BCUT2D eigenvalue weighted by Gasteiger charge is -2.31. The van der Waals surface area contributed by atoms with Crippen molar-refractivity contribution in [2.24, 2.45) is 5.92 Å². The summed E-state index contributed by atoms with van der Waals surface area (Å²) in [5, 5.41) is 1.42. The Balaban J connectivity index is 1.35. The maximum atomic E-state index is 17.1. The molecule has 0 bridgehead atoms. The van der Waals surface area contributed by atoms with E-state index < -0.39 is 29.3 Å². The number of anilines is 1. The second-order valence-electron chi connectivity index (χ2n) is 13.7. The summed E-state index contributed by atoms with van der Waals surface area (Å²) in [6.07, 6.45) is 3.33. The third kappa shape index (κ3) is 6.32. The van der Waals surface area contributed by atoms with E-state index in [1.54, 1.807) is 18.2 Å². The minimum atomic E-state index is -0.962. The number of hydrogen-bond donors (Lipinski definition) is 0. The van der Waals surface area contributed by atoms with Gasteiger partial charge in [-0.25, -0.2) is 13.2 Å². The van der Waals surface area contributed by atoms with E-state index in [1.165, 1.54) is 33.3 Å². The first-order valence-corrected chi connectivity index (χ1v) is 17.3. The number of carbonyl (C=O) groups excluding carboxylic acids is 2. The fraction of sp³-hybridized carbons (Fsp3) is 0.486. The summed E-state index contributed by atoms with van der Waals surface area (Å²) in [7, 11) is 2.94. The molecule has 14 heteroatoms. The average molecular weight is 707 g/mol. The van der Waals surface area contributed by atoms with E-state index in [1.807, 2.05) is 11.8 Å². The monoisotopic (exact) mass is 706 g/mol. The topological polar surface area (TPSA) is 110 Å². The Hall–Kier alpha value is -4.56. The van der Waals surface area contributed by atoms with Crippen molar-refractivity contribution in [3.63, 3.8) is 0 Å². The summed E-state index contributed by atoms with van der Waals surface area (Å²) in [4.78, 5) is 43.9. The zero-order chi connectivity index (χ0) is 36.0. The first-order valence-electron chi connectivity index (χ1n) is 17.3. The molecule has 270 valence electrons. The zero-order valence-electron chi connectivity index (χ0n) is 29.2. The highest BCUT2D eigenvalue weighted by atomic mass is 19.1. The van der Waals surface area contributed by atoms with Crippen molar-refractivity contribution in [1.29, 1.82) is 0 Å². The molecule has 3 atom stereocenters. The molecular formula is C37H41F3N6O5. The number of benzene rings is 2. The van der Waals surface area contributed by atoms with Crippen molar-refractivity contribution in [3.05, 3.63) is 47.7 Å². The minimum Gasteiger partial charge on any atom is -0.468 e. The van der Waals surface area contributed by atoms with Gasteiger partial charge in [0.1, 0.15) is 41.4 Å². The Morgan fingerprint density at radius 3 is 2.71 bits per heavy atom. The molecule has 7 rings (SSSR count). The molecule has 3 aliphatic heterocycles. The average Bonchev–Trinajstić information content (AvgIpc) is 3.84. The molecule has 5 heterocycles. The number of amides is 2. The normalized spacial score (nSPS) is 21.8. The summed E-state index contributed by atoms with van der Waals surface area (Å²) in [5.74, 6) is -1.64. The van der Waals surface area contributed by atoms with Crippen molar-refractivity contribution in [2.45, 2.75) is 57.7 Å². The van der Waals surface area contributed by atoms with Crippen LogP contribution in [0.15, 0.2) is 30.5 Å². The molecule has 0 saturated carbocycles. The molecule has 1 unspecified atom stereocenters. The first-order chi connectivity index (χ1) is 24.5.